The number of aldehydes is 1. The Hall–Kier alpha value is -3.90. The summed E-state index contributed by atoms with van der Waals surface area (Å²) in [5, 5.41) is 14.2. The Balaban J connectivity index is 0.000000343. The van der Waals surface area contributed by atoms with Crippen LogP contribution in [0.15, 0.2) is 79.0 Å². The fourth-order valence-corrected chi connectivity index (χ4v) is 3.15. The number of phenolic OH excluding ortho intramolecular Hbond substituents is 1. The van der Waals surface area contributed by atoms with E-state index in [1.165, 1.54) is 11.6 Å². The van der Waals surface area contributed by atoms with Gasteiger partial charge in [-0.25, -0.2) is 0 Å². The van der Waals surface area contributed by atoms with Crippen molar-refractivity contribution in [1.82, 2.24) is 4.98 Å². The topological polar surface area (TPSA) is 88.5 Å². The van der Waals surface area contributed by atoms with Gasteiger partial charge in [0.25, 0.3) is 5.91 Å². The van der Waals surface area contributed by atoms with Crippen LogP contribution in [-0.2, 0) is 4.79 Å². The second-order valence-corrected chi connectivity index (χ2v) is 8.52. The number of rotatable bonds is 5. The molecule has 0 spiro atoms. The van der Waals surface area contributed by atoms with E-state index in [-0.39, 0.29) is 11.7 Å². The molecule has 6 nitrogen and oxygen atoms in total. The molecule has 174 valence electrons. The maximum atomic E-state index is 12.7. The van der Waals surface area contributed by atoms with E-state index in [1.54, 1.807) is 62.5 Å². The number of nitrogens with one attached hydrogen (secondary N) is 1. The maximum absolute atomic E-state index is 12.7. The number of amides is 1. The molecule has 0 aliphatic heterocycles. The van der Waals surface area contributed by atoms with Gasteiger partial charge in [-0.15, -0.1) is 0 Å². The highest BCUT2D eigenvalue weighted by atomic mass is 35.5. The summed E-state index contributed by atoms with van der Waals surface area (Å²) in [7, 11) is 0. The summed E-state index contributed by atoms with van der Waals surface area (Å²) in [6.45, 7) is 5.34. The lowest BCUT2D eigenvalue weighted by molar-refractivity contribution is -0.128. The standard InChI is InChI=1S/C20H18N2O4.C7H7Cl/c1-20(2,26-14-7-5-13(12-23)6-8-14)19(25)22-16-9-10-17(24)18-15(16)4-3-11-21-18;1-6-2-4-7(8)5-3-6/h3-12,24H,1-2H3,(H,22,25);2-5H,1H3. The highest BCUT2D eigenvalue weighted by Gasteiger charge is 2.30. The molecule has 0 aliphatic rings. The number of benzene rings is 3. The lowest BCUT2D eigenvalue weighted by Gasteiger charge is -2.25. The number of aryl methyl sites for hydroxylation is 1. The summed E-state index contributed by atoms with van der Waals surface area (Å²) in [6, 6.07) is 20.9. The van der Waals surface area contributed by atoms with Gasteiger partial charge in [0.15, 0.2) is 5.60 Å². The SMILES string of the molecule is CC(C)(Oc1ccc(C=O)cc1)C(=O)Nc1ccc(O)c2ncccc12.Cc1ccc(Cl)cc1. The predicted octanol–water partition coefficient (Wildman–Crippen LogP) is 6.20. The zero-order valence-corrected chi connectivity index (χ0v) is 19.8. The van der Waals surface area contributed by atoms with Crippen molar-refractivity contribution in [3.8, 4) is 11.5 Å². The van der Waals surface area contributed by atoms with Gasteiger partial charge in [0.1, 0.15) is 23.3 Å². The minimum atomic E-state index is -1.16. The lowest BCUT2D eigenvalue weighted by Crippen LogP contribution is -2.42. The number of aromatic nitrogens is 1. The normalized spacial score (nSPS) is 10.7. The molecule has 1 aromatic heterocycles. The fraction of sp³-hybridized carbons (Fsp3) is 0.148. The van der Waals surface area contributed by atoms with E-state index in [9.17, 15) is 14.7 Å². The first kappa shape index (κ1) is 24.7. The molecule has 1 heterocycles. The molecule has 0 saturated heterocycles. The van der Waals surface area contributed by atoms with Crippen molar-refractivity contribution in [1.29, 1.82) is 0 Å². The quantitative estimate of drug-likeness (QED) is 0.264. The van der Waals surface area contributed by atoms with Crippen LogP contribution in [-0.4, -0.2) is 27.9 Å². The number of halogens is 1. The zero-order chi connectivity index (χ0) is 24.7. The Kier molecular flexibility index (Phi) is 7.87. The number of hydrogen-bond donors (Lipinski definition) is 2. The van der Waals surface area contributed by atoms with Gasteiger partial charge in [-0.2, -0.15) is 0 Å². The molecule has 4 rings (SSSR count). The first-order valence-electron chi connectivity index (χ1n) is 10.5. The van der Waals surface area contributed by atoms with E-state index in [1.807, 2.05) is 31.2 Å². The summed E-state index contributed by atoms with van der Waals surface area (Å²) in [5.41, 5.74) is 1.56. The second-order valence-electron chi connectivity index (χ2n) is 8.08. The Bertz CT molecular complexity index is 1270. The number of phenols is 1. The molecule has 0 atom stereocenters. The molecule has 0 unspecified atom stereocenters. The molecule has 7 heteroatoms. The van der Waals surface area contributed by atoms with Crippen molar-refractivity contribution in [3.05, 3.63) is 95.1 Å². The molecule has 2 N–H and O–H groups in total. The van der Waals surface area contributed by atoms with Crippen LogP contribution in [0.2, 0.25) is 5.02 Å². The van der Waals surface area contributed by atoms with Crippen LogP contribution in [0.3, 0.4) is 0 Å². The number of aromatic hydroxyl groups is 1. The third-order valence-electron chi connectivity index (χ3n) is 4.94. The Morgan fingerprint density at radius 2 is 1.71 bits per heavy atom. The molecular formula is C27H25ClN2O4. The monoisotopic (exact) mass is 476 g/mol. The zero-order valence-electron chi connectivity index (χ0n) is 19.1. The number of ether oxygens (including phenoxy) is 1. The Morgan fingerprint density at radius 3 is 2.32 bits per heavy atom. The Labute approximate surface area is 203 Å². The van der Waals surface area contributed by atoms with Gasteiger partial charge < -0.3 is 15.2 Å². The highest BCUT2D eigenvalue weighted by Crippen LogP contribution is 2.30. The molecule has 0 radical (unpaired) electrons. The van der Waals surface area contributed by atoms with Gasteiger partial charge in [-0.3, -0.25) is 14.6 Å². The van der Waals surface area contributed by atoms with E-state index < -0.39 is 5.60 Å². The summed E-state index contributed by atoms with van der Waals surface area (Å²) in [6.07, 6.45) is 2.31. The van der Waals surface area contributed by atoms with Crippen LogP contribution in [0.1, 0.15) is 29.8 Å². The van der Waals surface area contributed by atoms with Crippen molar-refractivity contribution < 1.29 is 19.4 Å². The minimum Gasteiger partial charge on any atom is -0.506 e. The molecule has 0 bridgehead atoms. The van der Waals surface area contributed by atoms with Gasteiger partial charge >= 0.3 is 0 Å². The summed E-state index contributed by atoms with van der Waals surface area (Å²) in [5.74, 6) is 0.171. The number of fused-ring (bicyclic) bond motifs is 1. The van der Waals surface area contributed by atoms with Crippen LogP contribution in [0.4, 0.5) is 5.69 Å². The summed E-state index contributed by atoms with van der Waals surface area (Å²) in [4.78, 5) is 27.6. The first-order chi connectivity index (χ1) is 16.2. The number of nitrogens with zero attached hydrogens (tertiary/aromatic N) is 1. The van der Waals surface area contributed by atoms with Gasteiger partial charge in [0, 0.05) is 22.2 Å². The number of hydrogen-bond acceptors (Lipinski definition) is 5. The van der Waals surface area contributed by atoms with Crippen LogP contribution in [0.5, 0.6) is 11.5 Å². The average molecular weight is 477 g/mol. The number of carbonyl (C=O) groups is 2. The fourth-order valence-electron chi connectivity index (χ4n) is 3.03. The highest BCUT2D eigenvalue weighted by molar-refractivity contribution is 6.30. The summed E-state index contributed by atoms with van der Waals surface area (Å²) >= 11 is 5.61. The van der Waals surface area contributed by atoms with Gasteiger partial charge in [-0.05, 0) is 81.4 Å². The van der Waals surface area contributed by atoms with Crippen molar-refractivity contribution in [2.75, 3.05) is 5.32 Å². The molecule has 34 heavy (non-hydrogen) atoms. The molecule has 1 amide bonds. The van der Waals surface area contributed by atoms with E-state index in [4.69, 9.17) is 16.3 Å². The third kappa shape index (κ3) is 6.33. The van der Waals surface area contributed by atoms with E-state index in [0.29, 0.717) is 27.9 Å². The van der Waals surface area contributed by atoms with Crippen LogP contribution in [0, 0.1) is 6.92 Å². The molecule has 0 saturated carbocycles. The van der Waals surface area contributed by atoms with Gasteiger partial charge in [0.2, 0.25) is 0 Å². The minimum absolute atomic E-state index is 0.0457. The average Bonchev–Trinajstić information content (AvgIpc) is 2.83. The lowest BCUT2D eigenvalue weighted by atomic mass is 10.1. The van der Waals surface area contributed by atoms with Crippen LogP contribution < -0.4 is 10.1 Å². The first-order valence-corrected chi connectivity index (χ1v) is 10.9. The third-order valence-corrected chi connectivity index (χ3v) is 5.20. The van der Waals surface area contributed by atoms with Gasteiger partial charge in [-0.1, -0.05) is 29.3 Å². The predicted molar refractivity (Wildman–Crippen MR) is 135 cm³/mol. The summed E-state index contributed by atoms with van der Waals surface area (Å²) < 4.78 is 5.78. The molecule has 4 aromatic rings. The number of anilines is 1. The van der Waals surface area contributed by atoms with Crippen molar-refractivity contribution in [2.24, 2.45) is 0 Å². The Morgan fingerprint density at radius 1 is 1.03 bits per heavy atom. The number of carbonyl (C=O) groups excluding carboxylic acids is 2. The van der Waals surface area contributed by atoms with E-state index in [2.05, 4.69) is 10.3 Å². The van der Waals surface area contributed by atoms with E-state index in [0.717, 1.165) is 11.3 Å². The molecule has 0 fully saturated rings. The van der Waals surface area contributed by atoms with Crippen molar-refractivity contribution in [3.63, 3.8) is 0 Å². The van der Waals surface area contributed by atoms with Crippen molar-refractivity contribution in [2.45, 2.75) is 26.4 Å². The molecule has 3 aromatic carbocycles. The molecular weight excluding hydrogens is 452 g/mol. The smallest absolute Gasteiger partial charge is 0.267 e. The second kappa shape index (κ2) is 10.8. The maximum Gasteiger partial charge on any atom is 0.267 e. The van der Waals surface area contributed by atoms with Crippen LogP contribution >= 0.6 is 11.6 Å². The number of pyridine rings is 1. The largest absolute Gasteiger partial charge is 0.506 e. The van der Waals surface area contributed by atoms with Crippen molar-refractivity contribution >= 4 is 40.4 Å². The molecule has 0 aliphatic carbocycles. The van der Waals surface area contributed by atoms with E-state index >= 15 is 0 Å². The van der Waals surface area contributed by atoms with Crippen LogP contribution in [0.25, 0.3) is 10.9 Å². The van der Waals surface area contributed by atoms with Gasteiger partial charge in [0.05, 0.1) is 5.69 Å².